The number of carboxylic acids is 1. The van der Waals surface area contributed by atoms with Crippen molar-refractivity contribution >= 4 is 11.7 Å². The van der Waals surface area contributed by atoms with Crippen LogP contribution >= 0.6 is 0 Å². The molecule has 0 spiro atoms. The number of piperidine rings is 1. The van der Waals surface area contributed by atoms with Gasteiger partial charge in [-0.2, -0.15) is 0 Å². The average molecular weight is 247 g/mol. The summed E-state index contributed by atoms with van der Waals surface area (Å²) in [7, 11) is 0. The van der Waals surface area contributed by atoms with E-state index in [1.807, 2.05) is 12.1 Å². The Morgan fingerprint density at radius 3 is 2.67 bits per heavy atom. The van der Waals surface area contributed by atoms with E-state index in [1.165, 1.54) is 18.5 Å². The summed E-state index contributed by atoms with van der Waals surface area (Å²) >= 11 is 0. The summed E-state index contributed by atoms with van der Waals surface area (Å²) < 4.78 is 0. The molecule has 1 N–H and O–H groups in total. The van der Waals surface area contributed by atoms with Crippen molar-refractivity contribution in [2.45, 2.75) is 32.6 Å². The summed E-state index contributed by atoms with van der Waals surface area (Å²) in [6.45, 7) is 4.48. The Morgan fingerprint density at radius 2 is 2.00 bits per heavy atom. The molecule has 2 rings (SSSR count). The van der Waals surface area contributed by atoms with Gasteiger partial charge in [-0.05, 0) is 36.8 Å². The molecular weight excluding hydrogens is 226 g/mol. The van der Waals surface area contributed by atoms with Crippen LogP contribution in [-0.2, 0) is 11.2 Å². The van der Waals surface area contributed by atoms with Crippen molar-refractivity contribution in [2.24, 2.45) is 5.92 Å². The van der Waals surface area contributed by atoms with Crippen molar-refractivity contribution < 1.29 is 9.90 Å². The van der Waals surface area contributed by atoms with E-state index in [-0.39, 0.29) is 6.42 Å². The van der Waals surface area contributed by atoms with E-state index in [4.69, 9.17) is 5.11 Å². The molecule has 0 saturated carbocycles. The van der Waals surface area contributed by atoms with Gasteiger partial charge in [-0.3, -0.25) is 4.79 Å². The van der Waals surface area contributed by atoms with Crippen LogP contribution in [0.15, 0.2) is 24.3 Å². The number of anilines is 1. The maximum atomic E-state index is 10.7. The highest BCUT2D eigenvalue weighted by Gasteiger charge is 2.18. The molecule has 1 aliphatic heterocycles. The van der Waals surface area contributed by atoms with E-state index >= 15 is 0 Å². The number of rotatable bonds is 4. The topological polar surface area (TPSA) is 40.5 Å². The van der Waals surface area contributed by atoms with Crippen LogP contribution in [0.5, 0.6) is 0 Å². The molecule has 0 atom stereocenters. The summed E-state index contributed by atoms with van der Waals surface area (Å²) in [5.74, 6) is 0.0875. The Balaban J connectivity index is 2.09. The third-order valence-corrected chi connectivity index (χ3v) is 3.72. The molecule has 3 nitrogen and oxygen atoms in total. The fraction of sp³-hybridized carbons (Fsp3) is 0.533. The zero-order valence-electron chi connectivity index (χ0n) is 10.9. The van der Waals surface area contributed by atoms with Crippen molar-refractivity contribution in [1.29, 1.82) is 0 Å². The third kappa shape index (κ3) is 3.25. The maximum absolute atomic E-state index is 10.7. The second kappa shape index (κ2) is 5.89. The lowest BCUT2D eigenvalue weighted by atomic mass is 9.97. The van der Waals surface area contributed by atoms with Crippen LogP contribution in [0.25, 0.3) is 0 Å². The first-order valence-corrected chi connectivity index (χ1v) is 6.71. The van der Waals surface area contributed by atoms with Gasteiger partial charge in [-0.25, -0.2) is 0 Å². The number of para-hydroxylation sites is 1. The van der Waals surface area contributed by atoms with Crippen LogP contribution in [0.2, 0.25) is 0 Å². The van der Waals surface area contributed by atoms with Gasteiger partial charge >= 0.3 is 5.97 Å². The molecule has 1 aromatic carbocycles. The number of carboxylic acid groups (broad SMARTS) is 1. The lowest BCUT2D eigenvalue weighted by molar-refractivity contribution is -0.136. The van der Waals surface area contributed by atoms with Crippen molar-refractivity contribution in [3.05, 3.63) is 29.8 Å². The van der Waals surface area contributed by atoms with Crippen LogP contribution in [-0.4, -0.2) is 24.2 Å². The van der Waals surface area contributed by atoms with Gasteiger partial charge in [0.25, 0.3) is 0 Å². The molecule has 1 fully saturated rings. The number of benzene rings is 1. The minimum absolute atomic E-state index is 0.210. The number of aryl methyl sites for hydroxylation is 1. The molecule has 1 aliphatic rings. The van der Waals surface area contributed by atoms with Crippen molar-refractivity contribution in [2.75, 3.05) is 18.0 Å². The monoisotopic (exact) mass is 247 g/mol. The van der Waals surface area contributed by atoms with Gasteiger partial charge < -0.3 is 10.0 Å². The quantitative estimate of drug-likeness (QED) is 0.889. The largest absolute Gasteiger partial charge is 0.481 e. The van der Waals surface area contributed by atoms with Gasteiger partial charge in [0.1, 0.15) is 0 Å². The van der Waals surface area contributed by atoms with E-state index in [0.29, 0.717) is 6.42 Å². The molecule has 98 valence electrons. The van der Waals surface area contributed by atoms with Gasteiger partial charge in [-0.1, -0.05) is 25.1 Å². The summed E-state index contributed by atoms with van der Waals surface area (Å²) in [4.78, 5) is 13.1. The van der Waals surface area contributed by atoms with Crippen LogP contribution in [0.3, 0.4) is 0 Å². The van der Waals surface area contributed by atoms with Gasteiger partial charge in [0.15, 0.2) is 0 Å². The van der Waals surface area contributed by atoms with E-state index in [1.54, 1.807) is 0 Å². The number of aliphatic carboxylic acids is 1. The third-order valence-electron chi connectivity index (χ3n) is 3.72. The fourth-order valence-electron chi connectivity index (χ4n) is 2.52. The Kier molecular flexibility index (Phi) is 4.24. The lowest BCUT2D eigenvalue weighted by Crippen LogP contribution is -2.33. The minimum Gasteiger partial charge on any atom is -0.481 e. The first-order valence-electron chi connectivity index (χ1n) is 6.71. The predicted octanol–water partition coefficient (Wildman–Crippen LogP) is 2.94. The highest BCUT2D eigenvalue weighted by molar-refractivity contribution is 5.68. The molecule has 0 aliphatic carbocycles. The van der Waals surface area contributed by atoms with Crippen molar-refractivity contribution in [1.82, 2.24) is 0 Å². The van der Waals surface area contributed by atoms with E-state index in [0.717, 1.165) is 24.6 Å². The van der Waals surface area contributed by atoms with Crippen LogP contribution in [0, 0.1) is 5.92 Å². The van der Waals surface area contributed by atoms with E-state index in [2.05, 4.69) is 24.0 Å². The number of nitrogens with zero attached hydrogens (tertiary/aromatic N) is 1. The van der Waals surface area contributed by atoms with Crippen LogP contribution < -0.4 is 4.90 Å². The molecule has 0 bridgehead atoms. The van der Waals surface area contributed by atoms with Crippen molar-refractivity contribution in [3.8, 4) is 0 Å². The molecule has 1 saturated heterocycles. The van der Waals surface area contributed by atoms with Crippen LogP contribution in [0.1, 0.15) is 31.7 Å². The summed E-state index contributed by atoms with van der Waals surface area (Å²) in [5.41, 5.74) is 2.39. The number of carbonyl (C=O) groups is 1. The Labute approximate surface area is 108 Å². The average Bonchev–Trinajstić information content (AvgIpc) is 2.38. The second-order valence-corrected chi connectivity index (χ2v) is 5.19. The fourth-order valence-corrected chi connectivity index (χ4v) is 2.52. The molecular formula is C15H21NO2. The van der Waals surface area contributed by atoms with Gasteiger partial charge in [0.05, 0.1) is 0 Å². The summed E-state index contributed by atoms with van der Waals surface area (Å²) in [6.07, 6.45) is 3.29. The van der Waals surface area contributed by atoms with Gasteiger partial charge in [0.2, 0.25) is 0 Å². The Hall–Kier alpha value is -1.51. The Bertz CT molecular complexity index is 409. The lowest BCUT2D eigenvalue weighted by Gasteiger charge is -2.33. The van der Waals surface area contributed by atoms with Crippen molar-refractivity contribution in [3.63, 3.8) is 0 Å². The maximum Gasteiger partial charge on any atom is 0.303 e. The molecule has 1 aromatic rings. The molecule has 18 heavy (non-hydrogen) atoms. The Morgan fingerprint density at radius 1 is 1.33 bits per heavy atom. The first-order chi connectivity index (χ1) is 8.66. The standard InChI is InChI=1S/C15H21NO2/c1-12-8-10-16(11-9-12)14-5-3-2-4-13(14)6-7-15(17)18/h2-5,12H,6-11H2,1H3,(H,17,18). The highest BCUT2D eigenvalue weighted by Crippen LogP contribution is 2.26. The number of hydrogen-bond donors (Lipinski definition) is 1. The molecule has 1 heterocycles. The van der Waals surface area contributed by atoms with Crippen LogP contribution in [0.4, 0.5) is 5.69 Å². The van der Waals surface area contributed by atoms with Gasteiger partial charge in [0, 0.05) is 25.2 Å². The molecule has 3 heteroatoms. The summed E-state index contributed by atoms with van der Waals surface area (Å²) in [6, 6.07) is 8.20. The van der Waals surface area contributed by atoms with Gasteiger partial charge in [-0.15, -0.1) is 0 Å². The SMILES string of the molecule is CC1CCN(c2ccccc2CCC(=O)O)CC1. The summed E-state index contributed by atoms with van der Waals surface area (Å²) in [5, 5.41) is 8.80. The molecule has 0 amide bonds. The predicted molar refractivity (Wildman–Crippen MR) is 73.0 cm³/mol. The van der Waals surface area contributed by atoms with E-state index < -0.39 is 5.97 Å². The molecule has 0 radical (unpaired) electrons. The highest BCUT2D eigenvalue weighted by atomic mass is 16.4. The minimum atomic E-state index is -0.725. The number of hydrogen-bond acceptors (Lipinski definition) is 2. The smallest absolute Gasteiger partial charge is 0.303 e. The normalized spacial score (nSPS) is 16.8. The second-order valence-electron chi connectivity index (χ2n) is 5.19. The van der Waals surface area contributed by atoms with E-state index in [9.17, 15) is 4.79 Å². The first kappa shape index (κ1) is 12.9. The molecule has 0 aromatic heterocycles. The zero-order chi connectivity index (χ0) is 13.0. The zero-order valence-corrected chi connectivity index (χ0v) is 10.9. The molecule has 0 unspecified atom stereocenters.